The number of nitrogens with one attached hydrogen (secondary N) is 1. The van der Waals surface area contributed by atoms with Crippen LogP contribution in [0.5, 0.6) is 11.5 Å². The maximum Gasteiger partial charge on any atom is 0.160 e. The molecule has 0 unspecified atom stereocenters. The molecule has 0 spiro atoms. The summed E-state index contributed by atoms with van der Waals surface area (Å²) in [5, 5.41) is 4.90. The summed E-state index contributed by atoms with van der Waals surface area (Å²) in [5.41, 5.74) is 4.98. The van der Waals surface area contributed by atoms with Crippen molar-refractivity contribution in [2.45, 2.75) is 30.2 Å². The van der Waals surface area contributed by atoms with Gasteiger partial charge >= 0.3 is 0 Å². The van der Waals surface area contributed by atoms with Gasteiger partial charge in [-0.15, -0.1) is 11.8 Å². The zero-order chi connectivity index (χ0) is 22.6. The highest BCUT2D eigenvalue weighted by atomic mass is 32.2. The van der Waals surface area contributed by atoms with Gasteiger partial charge in [0.05, 0.1) is 14.2 Å². The van der Waals surface area contributed by atoms with Gasteiger partial charge < -0.3 is 19.2 Å². The number of rotatable bonds is 8. The lowest BCUT2D eigenvalue weighted by atomic mass is 9.89. The number of furan rings is 1. The first-order valence-corrected chi connectivity index (χ1v) is 12.4. The van der Waals surface area contributed by atoms with Crippen molar-refractivity contribution in [2.75, 3.05) is 26.5 Å². The van der Waals surface area contributed by atoms with Gasteiger partial charge in [-0.3, -0.25) is 0 Å². The summed E-state index contributed by atoms with van der Waals surface area (Å²) in [6.45, 7) is 0.970. The Hall–Kier alpha value is -2.89. The van der Waals surface area contributed by atoms with E-state index in [1.54, 1.807) is 14.2 Å². The SMILES string of the molecule is COc1ccc(C[C@@H]2NCCc3cc4oc(CCSc5ccccc5)cc4cc32)cc1OC. The van der Waals surface area contributed by atoms with Crippen molar-refractivity contribution in [1.29, 1.82) is 0 Å². The van der Waals surface area contributed by atoms with Crippen LogP contribution in [-0.4, -0.2) is 26.5 Å². The fourth-order valence-corrected chi connectivity index (χ4v) is 5.46. The first-order chi connectivity index (χ1) is 16.2. The van der Waals surface area contributed by atoms with Crippen molar-refractivity contribution in [1.82, 2.24) is 5.32 Å². The second-order valence-corrected chi connectivity index (χ2v) is 9.53. The predicted octanol–water partition coefficient (Wildman–Crippen LogP) is 6.21. The van der Waals surface area contributed by atoms with E-state index in [9.17, 15) is 0 Å². The first kappa shape index (κ1) is 21.9. The lowest BCUT2D eigenvalue weighted by molar-refractivity contribution is 0.354. The minimum Gasteiger partial charge on any atom is -0.493 e. The third-order valence-electron chi connectivity index (χ3n) is 6.24. The van der Waals surface area contributed by atoms with Gasteiger partial charge in [-0.25, -0.2) is 0 Å². The summed E-state index contributed by atoms with van der Waals surface area (Å²) in [4.78, 5) is 1.30. The standard InChI is InChI=1S/C28H29NO3S/c1-30-26-9-8-19(15-28(26)31-2)14-25-24-17-21-16-22(11-13-33-23-6-4-3-5-7-23)32-27(21)18-20(24)10-12-29-25/h3-9,15-18,25,29H,10-14H2,1-2H3/t25-/m0/s1. The van der Waals surface area contributed by atoms with E-state index < -0.39 is 0 Å². The summed E-state index contributed by atoms with van der Waals surface area (Å²) in [6, 6.07) is 23.8. The van der Waals surface area contributed by atoms with Gasteiger partial charge in [-0.1, -0.05) is 24.3 Å². The molecule has 1 atom stereocenters. The van der Waals surface area contributed by atoms with Gasteiger partial charge in [0.15, 0.2) is 11.5 Å². The molecular weight excluding hydrogens is 430 g/mol. The monoisotopic (exact) mass is 459 g/mol. The molecule has 4 nitrogen and oxygen atoms in total. The van der Waals surface area contributed by atoms with Crippen molar-refractivity contribution >= 4 is 22.7 Å². The van der Waals surface area contributed by atoms with Gasteiger partial charge in [0.25, 0.3) is 0 Å². The third kappa shape index (κ3) is 4.90. The fraction of sp³-hybridized carbons (Fsp3) is 0.286. The number of ether oxygens (including phenoxy) is 2. The molecule has 1 aromatic heterocycles. The molecule has 1 aliphatic rings. The van der Waals surface area contributed by atoms with Crippen LogP contribution in [0.4, 0.5) is 0 Å². The van der Waals surface area contributed by atoms with Gasteiger partial charge in [-0.2, -0.15) is 0 Å². The summed E-state index contributed by atoms with van der Waals surface area (Å²) in [6.07, 6.45) is 2.84. The maximum atomic E-state index is 6.22. The van der Waals surface area contributed by atoms with Crippen LogP contribution in [0.2, 0.25) is 0 Å². The number of hydrogen-bond donors (Lipinski definition) is 1. The Bertz CT molecular complexity index is 1230. The fourth-order valence-electron chi connectivity index (χ4n) is 4.57. The Morgan fingerprint density at radius 1 is 0.970 bits per heavy atom. The Kier molecular flexibility index (Phi) is 6.60. The molecule has 2 heterocycles. The van der Waals surface area contributed by atoms with Crippen LogP contribution in [0.1, 0.15) is 28.5 Å². The van der Waals surface area contributed by atoms with E-state index in [1.165, 1.54) is 27.0 Å². The third-order valence-corrected chi connectivity index (χ3v) is 7.25. The normalized spacial score (nSPS) is 15.4. The number of thioether (sulfide) groups is 1. The highest BCUT2D eigenvalue weighted by Crippen LogP contribution is 2.34. The molecule has 0 bridgehead atoms. The van der Waals surface area contributed by atoms with Crippen LogP contribution in [0.3, 0.4) is 0 Å². The van der Waals surface area contributed by atoms with Crippen molar-refractivity contribution in [3.05, 3.63) is 89.2 Å². The number of benzene rings is 3. The van der Waals surface area contributed by atoms with E-state index in [0.717, 1.165) is 54.4 Å². The molecule has 170 valence electrons. The van der Waals surface area contributed by atoms with Crippen LogP contribution >= 0.6 is 11.8 Å². The zero-order valence-corrected chi connectivity index (χ0v) is 19.9. The number of hydrogen-bond acceptors (Lipinski definition) is 5. The van der Waals surface area contributed by atoms with Crippen molar-refractivity contribution < 1.29 is 13.9 Å². The molecular formula is C28H29NO3S. The van der Waals surface area contributed by atoms with E-state index in [-0.39, 0.29) is 6.04 Å². The Morgan fingerprint density at radius 2 is 1.82 bits per heavy atom. The minimum atomic E-state index is 0.267. The highest BCUT2D eigenvalue weighted by Gasteiger charge is 2.22. The molecule has 33 heavy (non-hydrogen) atoms. The minimum absolute atomic E-state index is 0.267. The maximum absolute atomic E-state index is 6.22. The van der Waals surface area contributed by atoms with Crippen LogP contribution in [0.15, 0.2) is 76.0 Å². The average Bonchev–Trinajstić information content (AvgIpc) is 3.25. The van der Waals surface area contributed by atoms with E-state index in [2.05, 4.69) is 66.0 Å². The molecule has 4 aromatic rings. The van der Waals surface area contributed by atoms with Crippen molar-refractivity contribution in [3.63, 3.8) is 0 Å². The molecule has 0 amide bonds. The molecule has 0 saturated heterocycles. The summed E-state index contributed by atoms with van der Waals surface area (Å²) >= 11 is 1.87. The summed E-state index contributed by atoms with van der Waals surface area (Å²) < 4.78 is 17.1. The predicted molar refractivity (Wildman–Crippen MR) is 135 cm³/mol. The number of methoxy groups -OCH3 is 2. The molecule has 5 heteroatoms. The molecule has 1 aliphatic heterocycles. The first-order valence-electron chi connectivity index (χ1n) is 11.4. The lowest BCUT2D eigenvalue weighted by Crippen LogP contribution is -2.31. The number of fused-ring (bicyclic) bond motifs is 2. The molecule has 0 aliphatic carbocycles. The molecule has 0 radical (unpaired) electrons. The van der Waals surface area contributed by atoms with Gasteiger partial charge in [0.2, 0.25) is 0 Å². The van der Waals surface area contributed by atoms with Crippen molar-refractivity contribution in [3.8, 4) is 11.5 Å². The topological polar surface area (TPSA) is 43.6 Å². The summed E-state index contributed by atoms with van der Waals surface area (Å²) in [7, 11) is 3.35. The zero-order valence-electron chi connectivity index (χ0n) is 19.1. The van der Waals surface area contributed by atoms with E-state index >= 15 is 0 Å². The quantitative estimate of drug-likeness (QED) is 0.317. The molecule has 5 rings (SSSR count). The molecule has 1 N–H and O–H groups in total. The smallest absolute Gasteiger partial charge is 0.160 e. The Balaban J connectivity index is 1.33. The lowest BCUT2D eigenvalue weighted by Gasteiger charge is -2.27. The largest absolute Gasteiger partial charge is 0.493 e. The van der Waals surface area contributed by atoms with Crippen LogP contribution in [-0.2, 0) is 19.3 Å². The van der Waals surface area contributed by atoms with E-state index in [1.807, 2.05) is 17.8 Å². The second-order valence-electron chi connectivity index (χ2n) is 8.36. The van der Waals surface area contributed by atoms with Crippen LogP contribution in [0.25, 0.3) is 11.0 Å². The molecule has 0 saturated carbocycles. The van der Waals surface area contributed by atoms with Gasteiger partial charge in [0.1, 0.15) is 11.3 Å². The van der Waals surface area contributed by atoms with Gasteiger partial charge in [-0.05, 0) is 78.5 Å². The number of aryl methyl sites for hydroxylation is 1. The average molecular weight is 460 g/mol. The van der Waals surface area contributed by atoms with E-state index in [0.29, 0.717) is 0 Å². The van der Waals surface area contributed by atoms with Gasteiger partial charge in [0, 0.05) is 28.5 Å². The molecule has 0 fully saturated rings. The van der Waals surface area contributed by atoms with Crippen molar-refractivity contribution in [2.24, 2.45) is 0 Å². The molecule has 3 aromatic carbocycles. The van der Waals surface area contributed by atoms with Crippen LogP contribution in [0, 0.1) is 0 Å². The van der Waals surface area contributed by atoms with E-state index in [4.69, 9.17) is 13.9 Å². The summed E-state index contributed by atoms with van der Waals surface area (Å²) in [5.74, 6) is 3.60. The Morgan fingerprint density at radius 3 is 2.64 bits per heavy atom. The Labute approximate surface area is 199 Å². The highest BCUT2D eigenvalue weighted by molar-refractivity contribution is 7.99. The second kappa shape index (κ2) is 9.94. The van der Waals surface area contributed by atoms with Crippen LogP contribution < -0.4 is 14.8 Å².